The molecule has 254 valence electrons. The fourth-order valence-electron chi connectivity index (χ4n) is 5.77. The maximum Gasteiger partial charge on any atom is 0.258 e. The van der Waals surface area contributed by atoms with Gasteiger partial charge in [0.25, 0.3) is 11.8 Å². The summed E-state index contributed by atoms with van der Waals surface area (Å²) in [5.74, 6) is -0.151. The van der Waals surface area contributed by atoms with Gasteiger partial charge in [0.2, 0.25) is 11.9 Å². The molecule has 0 radical (unpaired) electrons. The van der Waals surface area contributed by atoms with E-state index in [0.29, 0.717) is 17.0 Å². The lowest BCUT2D eigenvalue weighted by molar-refractivity contribution is 0.101. The normalized spacial score (nSPS) is 11.0. The number of rotatable bonds is 21. The SMILES string of the molecule is CCCCCCCCCc1ccc(C(=O)Nc2nc(NC(=O)c3ccc(CCCCCCCCC)cc3)nc(-c3ccccc3)n2)cc1. The molecule has 0 aliphatic rings. The number of nitrogens with one attached hydrogen (secondary N) is 2. The monoisotopic (exact) mass is 647 g/mol. The van der Waals surface area contributed by atoms with Gasteiger partial charge in [-0.3, -0.25) is 20.2 Å². The van der Waals surface area contributed by atoms with Gasteiger partial charge in [0.1, 0.15) is 0 Å². The zero-order valence-electron chi connectivity index (χ0n) is 29.0. The van der Waals surface area contributed by atoms with E-state index in [-0.39, 0.29) is 23.7 Å². The van der Waals surface area contributed by atoms with Crippen molar-refractivity contribution in [2.24, 2.45) is 0 Å². The molecule has 1 heterocycles. The van der Waals surface area contributed by atoms with Crippen molar-refractivity contribution in [3.63, 3.8) is 0 Å². The number of anilines is 2. The average Bonchev–Trinajstić information content (AvgIpc) is 3.11. The lowest BCUT2D eigenvalue weighted by Crippen LogP contribution is -2.18. The summed E-state index contributed by atoms with van der Waals surface area (Å²) in [4.78, 5) is 39.8. The van der Waals surface area contributed by atoms with Crippen LogP contribution in [0.5, 0.6) is 0 Å². The molecule has 0 spiro atoms. The van der Waals surface area contributed by atoms with Gasteiger partial charge >= 0.3 is 0 Å². The van der Waals surface area contributed by atoms with Crippen LogP contribution in [0.3, 0.4) is 0 Å². The summed E-state index contributed by atoms with van der Waals surface area (Å²) in [6, 6.07) is 24.8. The fraction of sp³-hybridized carbons (Fsp3) is 0.439. The van der Waals surface area contributed by atoms with E-state index in [1.807, 2.05) is 78.9 Å². The van der Waals surface area contributed by atoms with Crippen LogP contribution in [-0.2, 0) is 12.8 Å². The van der Waals surface area contributed by atoms with Crippen molar-refractivity contribution in [2.45, 2.75) is 117 Å². The molecule has 48 heavy (non-hydrogen) atoms. The summed E-state index contributed by atoms with van der Waals surface area (Å²) >= 11 is 0. The molecule has 7 heteroatoms. The molecule has 1 aromatic heterocycles. The first-order valence-electron chi connectivity index (χ1n) is 18.2. The number of benzene rings is 3. The molecule has 7 nitrogen and oxygen atoms in total. The lowest BCUT2D eigenvalue weighted by Gasteiger charge is -2.10. The molecule has 0 aliphatic heterocycles. The van der Waals surface area contributed by atoms with Gasteiger partial charge in [-0.25, -0.2) is 0 Å². The molecule has 3 aromatic carbocycles. The van der Waals surface area contributed by atoms with Crippen LogP contribution in [0, 0.1) is 0 Å². The van der Waals surface area contributed by atoms with Gasteiger partial charge in [-0.15, -0.1) is 0 Å². The molecule has 0 atom stereocenters. The Morgan fingerprint density at radius 3 is 1.29 bits per heavy atom. The number of aryl methyl sites for hydroxylation is 2. The first kappa shape index (κ1) is 36.4. The minimum atomic E-state index is -0.323. The van der Waals surface area contributed by atoms with Crippen LogP contribution < -0.4 is 10.6 Å². The number of hydrogen-bond donors (Lipinski definition) is 2. The minimum Gasteiger partial charge on any atom is -0.290 e. The van der Waals surface area contributed by atoms with Crippen molar-refractivity contribution in [1.29, 1.82) is 0 Å². The molecule has 2 amide bonds. The molecular formula is C41H53N5O2. The van der Waals surface area contributed by atoms with Crippen LogP contribution in [0.15, 0.2) is 78.9 Å². The standard InChI is InChI=1S/C41H53N5O2/c1-3-5-7-9-11-13-16-20-32-24-28-35(29-25-32)38(47)44-40-42-37(34-22-18-15-19-23-34)43-41(46-40)45-39(48)36-30-26-33(27-31-36)21-17-14-12-10-8-6-4-2/h15,18-19,22-31H,3-14,16-17,20-21H2,1-2H3,(H2,42,43,44,45,46,47,48). The number of nitrogens with zero attached hydrogens (tertiary/aromatic N) is 3. The Balaban J connectivity index is 1.35. The molecule has 0 bridgehead atoms. The topological polar surface area (TPSA) is 96.9 Å². The van der Waals surface area contributed by atoms with Gasteiger partial charge in [-0.2, -0.15) is 15.0 Å². The Morgan fingerprint density at radius 1 is 0.479 bits per heavy atom. The van der Waals surface area contributed by atoms with Crippen LogP contribution >= 0.6 is 0 Å². The molecule has 0 aliphatic carbocycles. The number of aromatic nitrogens is 3. The Morgan fingerprint density at radius 2 is 0.875 bits per heavy atom. The lowest BCUT2D eigenvalue weighted by atomic mass is 10.0. The second-order valence-corrected chi connectivity index (χ2v) is 12.7. The zero-order valence-corrected chi connectivity index (χ0v) is 29.0. The van der Waals surface area contributed by atoms with Crippen molar-refractivity contribution < 1.29 is 9.59 Å². The molecule has 2 N–H and O–H groups in total. The first-order valence-corrected chi connectivity index (χ1v) is 18.2. The van der Waals surface area contributed by atoms with E-state index in [9.17, 15) is 9.59 Å². The molecule has 0 saturated carbocycles. The van der Waals surface area contributed by atoms with E-state index >= 15 is 0 Å². The van der Waals surface area contributed by atoms with E-state index in [2.05, 4.69) is 39.4 Å². The maximum absolute atomic E-state index is 13.2. The van der Waals surface area contributed by atoms with Crippen molar-refractivity contribution in [3.05, 3.63) is 101 Å². The predicted molar refractivity (Wildman–Crippen MR) is 197 cm³/mol. The Kier molecular flexibility index (Phi) is 15.8. The van der Waals surface area contributed by atoms with Crippen LogP contribution in [0.1, 0.15) is 136 Å². The highest BCUT2D eigenvalue weighted by Gasteiger charge is 2.15. The Labute approximate surface area is 287 Å². The van der Waals surface area contributed by atoms with Crippen LogP contribution in [-0.4, -0.2) is 26.8 Å². The van der Waals surface area contributed by atoms with Gasteiger partial charge in [0.15, 0.2) is 5.82 Å². The second kappa shape index (κ2) is 20.8. The smallest absolute Gasteiger partial charge is 0.258 e. The number of unbranched alkanes of at least 4 members (excludes halogenated alkanes) is 12. The minimum absolute atomic E-state index is 0.0707. The van der Waals surface area contributed by atoms with Gasteiger partial charge in [-0.1, -0.05) is 145 Å². The van der Waals surface area contributed by atoms with Crippen molar-refractivity contribution in [2.75, 3.05) is 10.6 Å². The molecule has 4 rings (SSSR count). The van der Waals surface area contributed by atoms with Gasteiger partial charge < -0.3 is 0 Å². The highest BCUT2D eigenvalue weighted by Crippen LogP contribution is 2.20. The van der Waals surface area contributed by atoms with E-state index in [4.69, 9.17) is 0 Å². The molecule has 4 aromatic rings. The third-order valence-electron chi connectivity index (χ3n) is 8.69. The summed E-state index contributed by atoms with van der Waals surface area (Å²) in [5, 5.41) is 5.62. The number of hydrogen-bond acceptors (Lipinski definition) is 5. The number of carbonyl (C=O) groups is 2. The fourth-order valence-corrected chi connectivity index (χ4v) is 5.77. The summed E-state index contributed by atoms with van der Waals surface area (Å²) in [6.45, 7) is 4.48. The largest absolute Gasteiger partial charge is 0.290 e. The van der Waals surface area contributed by atoms with Gasteiger partial charge in [-0.05, 0) is 61.1 Å². The van der Waals surface area contributed by atoms with Crippen molar-refractivity contribution in [1.82, 2.24) is 15.0 Å². The van der Waals surface area contributed by atoms with E-state index in [1.54, 1.807) is 0 Å². The Bertz CT molecular complexity index is 1430. The van der Waals surface area contributed by atoms with Crippen LogP contribution in [0.4, 0.5) is 11.9 Å². The Hall–Kier alpha value is -4.39. The zero-order chi connectivity index (χ0) is 33.8. The second-order valence-electron chi connectivity index (χ2n) is 12.7. The molecule has 0 fully saturated rings. The molecular weight excluding hydrogens is 594 g/mol. The summed E-state index contributed by atoms with van der Waals surface area (Å²) in [7, 11) is 0. The maximum atomic E-state index is 13.2. The highest BCUT2D eigenvalue weighted by atomic mass is 16.2. The summed E-state index contributed by atoms with van der Waals surface area (Å²) < 4.78 is 0. The predicted octanol–water partition coefficient (Wildman–Crippen LogP) is 10.6. The first-order chi connectivity index (χ1) is 23.6. The summed E-state index contributed by atoms with van der Waals surface area (Å²) in [6.07, 6.45) is 19.8. The molecule has 0 saturated heterocycles. The third-order valence-corrected chi connectivity index (χ3v) is 8.69. The number of amides is 2. The summed E-state index contributed by atoms with van der Waals surface area (Å²) in [5.41, 5.74) is 4.23. The van der Waals surface area contributed by atoms with Gasteiger partial charge in [0, 0.05) is 16.7 Å². The van der Waals surface area contributed by atoms with E-state index in [1.165, 1.54) is 88.2 Å². The van der Waals surface area contributed by atoms with Crippen LogP contribution in [0.25, 0.3) is 11.4 Å². The quantitative estimate of drug-likeness (QED) is 0.0877. The highest BCUT2D eigenvalue weighted by molar-refractivity contribution is 6.04. The van der Waals surface area contributed by atoms with Crippen molar-refractivity contribution in [3.8, 4) is 11.4 Å². The average molecular weight is 648 g/mol. The van der Waals surface area contributed by atoms with E-state index < -0.39 is 0 Å². The van der Waals surface area contributed by atoms with Crippen LogP contribution in [0.2, 0.25) is 0 Å². The van der Waals surface area contributed by atoms with Gasteiger partial charge in [0.05, 0.1) is 0 Å². The van der Waals surface area contributed by atoms with E-state index in [0.717, 1.165) is 31.2 Å². The third kappa shape index (κ3) is 12.7. The molecule has 0 unspecified atom stereocenters. The van der Waals surface area contributed by atoms with Crippen molar-refractivity contribution >= 4 is 23.7 Å². The number of carbonyl (C=O) groups excluding carboxylic acids is 2.